The summed E-state index contributed by atoms with van der Waals surface area (Å²) in [6.45, 7) is 5.18. The third-order valence-electron chi connectivity index (χ3n) is 7.58. The van der Waals surface area contributed by atoms with Crippen molar-refractivity contribution >= 4 is 11.9 Å². The fourth-order valence-corrected chi connectivity index (χ4v) is 5.32. The molecule has 0 aromatic rings. The van der Waals surface area contributed by atoms with Gasteiger partial charge in [0.05, 0.1) is 27.6 Å². The highest BCUT2D eigenvalue weighted by molar-refractivity contribution is 5.71. The van der Waals surface area contributed by atoms with E-state index in [-0.39, 0.29) is 12.4 Å². The van der Waals surface area contributed by atoms with Gasteiger partial charge in [-0.1, -0.05) is 142 Å². The van der Waals surface area contributed by atoms with Gasteiger partial charge in [0.1, 0.15) is 6.54 Å². The number of carbonyl (C=O) groups excluding carboxylic acids is 1. The molecule has 2 unspecified atom stereocenters. The van der Waals surface area contributed by atoms with Crippen LogP contribution in [-0.2, 0) is 14.3 Å². The summed E-state index contributed by atoms with van der Waals surface area (Å²) in [6.07, 6.45) is 27.9. The van der Waals surface area contributed by atoms with Gasteiger partial charge in [-0.25, -0.2) is 0 Å². The van der Waals surface area contributed by atoms with E-state index in [0.717, 1.165) is 25.2 Å². The van der Waals surface area contributed by atoms with Crippen LogP contribution >= 0.6 is 0 Å². The predicted octanol–water partition coefficient (Wildman–Crippen LogP) is 9.32. The van der Waals surface area contributed by atoms with Crippen molar-refractivity contribution < 1.29 is 23.9 Å². The first-order chi connectivity index (χ1) is 18.1. The van der Waals surface area contributed by atoms with Gasteiger partial charge < -0.3 is 14.3 Å². The van der Waals surface area contributed by atoms with Crippen LogP contribution in [0, 0.1) is 5.92 Å². The molecule has 0 aromatic carbocycles. The number of hydrogen-bond donors (Lipinski definition) is 1. The molecule has 0 fully saturated rings. The number of likely N-dealkylation sites (N-methyl/N-ethyl adjacent to an activating group) is 1. The van der Waals surface area contributed by atoms with E-state index >= 15 is 0 Å². The normalized spacial score (nSPS) is 13.4. The summed E-state index contributed by atoms with van der Waals surface area (Å²) in [5.74, 6) is -0.379. The largest absolute Gasteiger partial charge is 0.481 e. The summed E-state index contributed by atoms with van der Waals surface area (Å²) < 4.78 is 6.04. The molecule has 0 rings (SSSR count). The Balaban J connectivity index is 3.53. The Kier molecular flexibility index (Phi) is 24.2. The number of carboxylic acids is 1. The summed E-state index contributed by atoms with van der Waals surface area (Å²) in [5.41, 5.74) is 0. The van der Waals surface area contributed by atoms with Crippen LogP contribution in [0.25, 0.3) is 0 Å². The van der Waals surface area contributed by atoms with Crippen molar-refractivity contribution in [2.24, 2.45) is 5.92 Å². The maximum atomic E-state index is 12.2. The predicted molar refractivity (Wildman–Crippen MR) is 161 cm³/mol. The number of rotatable bonds is 28. The molecule has 0 radical (unpaired) electrons. The summed E-state index contributed by atoms with van der Waals surface area (Å²) in [7, 11) is 5.93. The summed E-state index contributed by atoms with van der Waals surface area (Å²) in [4.78, 5) is 23.2. The molecule has 5 heteroatoms. The second-order valence-electron chi connectivity index (χ2n) is 13.0. The van der Waals surface area contributed by atoms with Crippen LogP contribution in [0.1, 0.15) is 162 Å². The fraction of sp³-hybridized carbons (Fsp3) is 0.939. The Bertz CT molecular complexity index is 558. The zero-order valence-electron chi connectivity index (χ0n) is 26.2. The highest BCUT2D eigenvalue weighted by Gasteiger charge is 2.24. The molecule has 0 heterocycles. The SMILES string of the molecule is CCCCCCCCCCCCCCCCCC(C)CCCCCCC(=O)OC(CC(=O)O)C[N+](C)(C)C. The van der Waals surface area contributed by atoms with Gasteiger partial charge in [0.2, 0.25) is 0 Å². The van der Waals surface area contributed by atoms with E-state index in [1.54, 1.807) is 0 Å². The van der Waals surface area contributed by atoms with Gasteiger partial charge in [-0.2, -0.15) is 0 Å². The van der Waals surface area contributed by atoms with Crippen molar-refractivity contribution in [1.29, 1.82) is 0 Å². The number of hydrogen-bond acceptors (Lipinski definition) is 3. The lowest BCUT2D eigenvalue weighted by Crippen LogP contribution is -2.43. The number of quaternary nitrogens is 1. The van der Waals surface area contributed by atoms with Crippen molar-refractivity contribution in [3.63, 3.8) is 0 Å². The third kappa shape index (κ3) is 27.9. The highest BCUT2D eigenvalue weighted by Crippen LogP contribution is 2.19. The van der Waals surface area contributed by atoms with E-state index in [1.807, 2.05) is 21.1 Å². The van der Waals surface area contributed by atoms with Gasteiger partial charge in [-0.15, -0.1) is 0 Å². The Morgan fingerprint density at radius 3 is 1.45 bits per heavy atom. The molecule has 0 aromatic heterocycles. The van der Waals surface area contributed by atoms with Gasteiger partial charge in [0, 0.05) is 6.42 Å². The number of esters is 1. The summed E-state index contributed by atoms with van der Waals surface area (Å²) in [5, 5.41) is 9.08. The van der Waals surface area contributed by atoms with Crippen molar-refractivity contribution in [2.45, 2.75) is 168 Å². The first kappa shape index (κ1) is 36.9. The molecule has 1 N–H and O–H groups in total. The summed E-state index contributed by atoms with van der Waals surface area (Å²) in [6, 6.07) is 0. The first-order valence-corrected chi connectivity index (χ1v) is 16.4. The van der Waals surface area contributed by atoms with Crippen molar-refractivity contribution in [1.82, 2.24) is 0 Å². The molecule has 0 aliphatic rings. The monoisotopic (exact) mass is 540 g/mol. The molecule has 2 atom stereocenters. The van der Waals surface area contributed by atoms with E-state index in [9.17, 15) is 9.59 Å². The minimum absolute atomic E-state index is 0.126. The third-order valence-corrected chi connectivity index (χ3v) is 7.58. The van der Waals surface area contributed by atoms with Crippen molar-refractivity contribution in [3.05, 3.63) is 0 Å². The maximum Gasteiger partial charge on any atom is 0.307 e. The Morgan fingerprint density at radius 1 is 0.658 bits per heavy atom. The molecule has 0 saturated heterocycles. The minimum Gasteiger partial charge on any atom is -0.481 e. The molecular weight excluding hydrogens is 474 g/mol. The van der Waals surface area contributed by atoms with Crippen LogP contribution in [0.3, 0.4) is 0 Å². The van der Waals surface area contributed by atoms with Crippen LogP contribution in [-0.4, -0.2) is 55.3 Å². The van der Waals surface area contributed by atoms with Crippen LogP contribution in [0.5, 0.6) is 0 Å². The number of unbranched alkanes of at least 4 members (excludes halogenated alkanes) is 17. The zero-order chi connectivity index (χ0) is 28.5. The lowest BCUT2D eigenvalue weighted by atomic mass is 9.96. The lowest BCUT2D eigenvalue weighted by Gasteiger charge is -2.28. The average molecular weight is 541 g/mol. The Labute approximate surface area is 237 Å². The van der Waals surface area contributed by atoms with Crippen LogP contribution in [0.2, 0.25) is 0 Å². The van der Waals surface area contributed by atoms with E-state index in [4.69, 9.17) is 9.84 Å². The molecular formula is C33H66NO4+. The maximum absolute atomic E-state index is 12.2. The standard InChI is InChI=1S/C33H65NO4/c1-6-7-8-9-10-11-12-13-14-15-16-17-18-19-22-25-30(2)26-23-20-21-24-27-33(37)38-31(28-32(35)36)29-34(3,4)5/h30-31H,6-29H2,1-5H3/p+1. The van der Waals surface area contributed by atoms with E-state index < -0.39 is 12.1 Å². The number of nitrogens with zero attached hydrogens (tertiary/aromatic N) is 1. The molecule has 0 aliphatic heterocycles. The van der Waals surface area contributed by atoms with Gasteiger partial charge in [0.25, 0.3) is 0 Å². The van der Waals surface area contributed by atoms with Gasteiger partial charge in [-0.05, 0) is 12.3 Å². The molecule has 0 saturated carbocycles. The molecule has 226 valence electrons. The number of aliphatic carboxylic acids is 1. The van der Waals surface area contributed by atoms with Crippen LogP contribution in [0.4, 0.5) is 0 Å². The quantitative estimate of drug-likeness (QED) is 0.0610. The van der Waals surface area contributed by atoms with Gasteiger partial charge >= 0.3 is 11.9 Å². The zero-order valence-corrected chi connectivity index (χ0v) is 26.2. The first-order valence-electron chi connectivity index (χ1n) is 16.4. The van der Waals surface area contributed by atoms with Crippen LogP contribution in [0.15, 0.2) is 0 Å². The van der Waals surface area contributed by atoms with Crippen LogP contribution < -0.4 is 0 Å². The smallest absolute Gasteiger partial charge is 0.307 e. The molecule has 0 amide bonds. The molecule has 5 nitrogen and oxygen atoms in total. The number of ether oxygens (including phenoxy) is 1. The average Bonchev–Trinajstić information content (AvgIpc) is 2.82. The van der Waals surface area contributed by atoms with E-state index in [0.29, 0.717) is 17.4 Å². The Hall–Kier alpha value is -1.10. The van der Waals surface area contributed by atoms with Crippen molar-refractivity contribution in [3.8, 4) is 0 Å². The van der Waals surface area contributed by atoms with Crippen molar-refractivity contribution in [2.75, 3.05) is 27.7 Å². The molecule has 38 heavy (non-hydrogen) atoms. The van der Waals surface area contributed by atoms with Gasteiger partial charge in [0.15, 0.2) is 6.10 Å². The number of carboxylic acid groups (broad SMARTS) is 1. The van der Waals surface area contributed by atoms with E-state index in [1.165, 1.54) is 116 Å². The number of carbonyl (C=O) groups is 2. The molecule has 0 spiro atoms. The second-order valence-corrected chi connectivity index (χ2v) is 13.0. The molecule has 0 aliphatic carbocycles. The van der Waals surface area contributed by atoms with E-state index in [2.05, 4.69) is 13.8 Å². The summed E-state index contributed by atoms with van der Waals surface area (Å²) >= 11 is 0. The minimum atomic E-state index is -0.922. The van der Waals surface area contributed by atoms with Gasteiger partial charge in [-0.3, -0.25) is 9.59 Å². The second kappa shape index (κ2) is 24.9. The fourth-order valence-electron chi connectivity index (χ4n) is 5.32. The molecule has 0 bridgehead atoms. The Morgan fingerprint density at radius 2 is 1.05 bits per heavy atom. The highest BCUT2D eigenvalue weighted by atomic mass is 16.5. The lowest BCUT2D eigenvalue weighted by molar-refractivity contribution is -0.873. The topological polar surface area (TPSA) is 63.6 Å².